The second-order valence-electron chi connectivity index (χ2n) is 7.11. The molecule has 130 valence electrons. The molecule has 0 spiro atoms. The van der Waals surface area contributed by atoms with Crippen LogP contribution in [0.5, 0.6) is 0 Å². The number of aromatic nitrogens is 4. The van der Waals surface area contributed by atoms with Gasteiger partial charge in [0.05, 0.1) is 17.5 Å². The summed E-state index contributed by atoms with van der Waals surface area (Å²) in [6.07, 6.45) is 5.64. The van der Waals surface area contributed by atoms with E-state index >= 15 is 0 Å². The highest BCUT2D eigenvalue weighted by Gasteiger charge is 2.32. The molecule has 3 heterocycles. The zero-order valence-corrected chi connectivity index (χ0v) is 15.0. The van der Waals surface area contributed by atoms with Gasteiger partial charge in [0, 0.05) is 61.4 Å². The molecule has 2 aromatic heterocycles. The van der Waals surface area contributed by atoms with Gasteiger partial charge in [-0.05, 0) is 34.1 Å². The molecule has 6 heteroatoms. The van der Waals surface area contributed by atoms with E-state index in [9.17, 15) is 5.11 Å². The number of β-amino-alcohol motifs (C(OH)–C–C–N with tert-alkyl or cyclic N) is 1. The molecular formula is C18H27N5O. The van der Waals surface area contributed by atoms with E-state index in [4.69, 9.17) is 0 Å². The standard InChI is InChI=1S/C18H27N5O/c1-12(2)23-14(4)17(13(3)21-23)10-22-9-15(18(24)11-22)7-16-8-19-5-6-20-16/h5-6,8,12,15,18,24H,7,9-11H2,1-4H3/t15-,18-/m1/s1. The fourth-order valence-corrected chi connectivity index (χ4v) is 3.63. The van der Waals surface area contributed by atoms with Gasteiger partial charge in [-0.25, -0.2) is 0 Å². The van der Waals surface area contributed by atoms with Crippen molar-refractivity contribution < 1.29 is 5.11 Å². The van der Waals surface area contributed by atoms with Gasteiger partial charge in [-0.15, -0.1) is 0 Å². The van der Waals surface area contributed by atoms with Gasteiger partial charge < -0.3 is 5.11 Å². The van der Waals surface area contributed by atoms with Crippen LogP contribution in [-0.2, 0) is 13.0 Å². The predicted octanol–water partition coefficient (Wildman–Crippen LogP) is 1.91. The summed E-state index contributed by atoms with van der Waals surface area (Å²) in [4.78, 5) is 10.8. The molecule has 1 fully saturated rings. The van der Waals surface area contributed by atoms with Crippen LogP contribution in [0.3, 0.4) is 0 Å². The van der Waals surface area contributed by atoms with Crippen molar-refractivity contribution in [1.29, 1.82) is 0 Å². The number of hydrogen-bond donors (Lipinski definition) is 1. The van der Waals surface area contributed by atoms with Crippen LogP contribution in [0.2, 0.25) is 0 Å². The largest absolute Gasteiger partial charge is 0.391 e. The minimum atomic E-state index is -0.312. The summed E-state index contributed by atoms with van der Waals surface area (Å²) in [6, 6.07) is 0.367. The number of rotatable bonds is 5. The summed E-state index contributed by atoms with van der Waals surface area (Å²) in [5.74, 6) is 0.211. The molecule has 0 unspecified atom stereocenters. The highest BCUT2D eigenvalue weighted by molar-refractivity contribution is 5.25. The van der Waals surface area contributed by atoms with Crippen molar-refractivity contribution >= 4 is 0 Å². The van der Waals surface area contributed by atoms with Crippen molar-refractivity contribution in [2.75, 3.05) is 13.1 Å². The van der Waals surface area contributed by atoms with E-state index < -0.39 is 0 Å². The fourth-order valence-electron chi connectivity index (χ4n) is 3.63. The van der Waals surface area contributed by atoms with Crippen LogP contribution in [0.15, 0.2) is 18.6 Å². The van der Waals surface area contributed by atoms with Crippen molar-refractivity contribution in [2.45, 2.75) is 52.8 Å². The minimum Gasteiger partial charge on any atom is -0.391 e. The Morgan fingerprint density at radius 1 is 1.25 bits per heavy atom. The Bertz CT molecular complexity index is 682. The summed E-state index contributed by atoms with van der Waals surface area (Å²) in [5, 5.41) is 15.1. The molecule has 0 saturated carbocycles. The molecule has 1 aliphatic heterocycles. The number of aliphatic hydroxyl groups excluding tert-OH is 1. The smallest absolute Gasteiger partial charge is 0.0711 e. The number of likely N-dealkylation sites (tertiary alicyclic amines) is 1. The molecule has 24 heavy (non-hydrogen) atoms. The third-order valence-electron chi connectivity index (χ3n) is 4.92. The van der Waals surface area contributed by atoms with Gasteiger partial charge in [-0.2, -0.15) is 5.10 Å². The van der Waals surface area contributed by atoms with Crippen LogP contribution in [0.1, 0.15) is 42.5 Å². The van der Waals surface area contributed by atoms with E-state index in [1.54, 1.807) is 18.6 Å². The van der Waals surface area contributed by atoms with E-state index in [1.165, 1.54) is 11.3 Å². The number of hydrogen-bond acceptors (Lipinski definition) is 5. The fraction of sp³-hybridized carbons (Fsp3) is 0.611. The van der Waals surface area contributed by atoms with Crippen molar-refractivity contribution in [3.63, 3.8) is 0 Å². The van der Waals surface area contributed by atoms with Gasteiger partial charge in [0.1, 0.15) is 0 Å². The summed E-state index contributed by atoms with van der Waals surface area (Å²) in [7, 11) is 0. The maximum Gasteiger partial charge on any atom is 0.0711 e. The number of aryl methyl sites for hydroxylation is 1. The molecule has 1 aliphatic rings. The molecule has 0 bridgehead atoms. The molecule has 0 amide bonds. The Kier molecular flexibility index (Phi) is 4.96. The second kappa shape index (κ2) is 6.99. The molecule has 1 N–H and O–H groups in total. The quantitative estimate of drug-likeness (QED) is 0.907. The van der Waals surface area contributed by atoms with Gasteiger partial charge in [0.25, 0.3) is 0 Å². The summed E-state index contributed by atoms with van der Waals surface area (Å²) >= 11 is 0. The van der Waals surface area contributed by atoms with Gasteiger partial charge in [-0.3, -0.25) is 19.5 Å². The predicted molar refractivity (Wildman–Crippen MR) is 92.6 cm³/mol. The van der Waals surface area contributed by atoms with Crippen LogP contribution in [0.4, 0.5) is 0 Å². The first kappa shape index (κ1) is 17.0. The van der Waals surface area contributed by atoms with Crippen LogP contribution in [-0.4, -0.2) is 48.9 Å². The molecule has 2 aromatic rings. The average molecular weight is 329 g/mol. The Balaban J connectivity index is 1.67. The molecule has 3 rings (SSSR count). The third kappa shape index (κ3) is 3.49. The van der Waals surface area contributed by atoms with Crippen LogP contribution >= 0.6 is 0 Å². The number of aliphatic hydroxyl groups is 1. The maximum atomic E-state index is 10.4. The van der Waals surface area contributed by atoms with Crippen molar-refractivity contribution in [2.24, 2.45) is 5.92 Å². The van der Waals surface area contributed by atoms with Crippen LogP contribution in [0, 0.1) is 19.8 Å². The lowest BCUT2D eigenvalue weighted by atomic mass is 10.0. The Morgan fingerprint density at radius 2 is 2.04 bits per heavy atom. The zero-order chi connectivity index (χ0) is 17.3. The van der Waals surface area contributed by atoms with E-state index in [-0.39, 0.29) is 12.0 Å². The monoisotopic (exact) mass is 329 g/mol. The van der Waals surface area contributed by atoms with E-state index in [2.05, 4.69) is 52.3 Å². The van der Waals surface area contributed by atoms with Crippen molar-refractivity contribution in [3.05, 3.63) is 41.2 Å². The molecule has 2 atom stereocenters. The topological polar surface area (TPSA) is 67.1 Å². The molecule has 0 radical (unpaired) electrons. The normalized spacial score (nSPS) is 21.8. The lowest BCUT2D eigenvalue weighted by molar-refractivity contribution is 0.140. The van der Waals surface area contributed by atoms with E-state index in [0.29, 0.717) is 12.6 Å². The van der Waals surface area contributed by atoms with E-state index in [0.717, 1.165) is 30.9 Å². The summed E-state index contributed by atoms with van der Waals surface area (Å²) < 4.78 is 2.09. The maximum absolute atomic E-state index is 10.4. The molecule has 0 aliphatic carbocycles. The van der Waals surface area contributed by atoms with Gasteiger partial charge in [0.15, 0.2) is 0 Å². The lowest BCUT2D eigenvalue weighted by Crippen LogP contribution is -2.22. The Morgan fingerprint density at radius 3 is 2.67 bits per heavy atom. The van der Waals surface area contributed by atoms with Gasteiger partial charge in [0.2, 0.25) is 0 Å². The van der Waals surface area contributed by atoms with Crippen molar-refractivity contribution in [3.8, 4) is 0 Å². The van der Waals surface area contributed by atoms with Crippen LogP contribution < -0.4 is 0 Å². The summed E-state index contributed by atoms with van der Waals surface area (Å²) in [5.41, 5.74) is 4.56. The third-order valence-corrected chi connectivity index (χ3v) is 4.92. The first-order chi connectivity index (χ1) is 11.5. The molecule has 1 saturated heterocycles. The first-order valence-electron chi connectivity index (χ1n) is 8.65. The molecule has 0 aromatic carbocycles. The molecule has 6 nitrogen and oxygen atoms in total. The molecular weight excluding hydrogens is 302 g/mol. The minimum absolute atomic E-state index is 0.211. The lowest BCUT2D eigenvalue weighted by Gasteiger charge is -2.16. The average Bonchev–Trinajstić information content (AvgIpc) is 3.03. The summed E-state index contributed by atoms with van der Waals surface area (Å²) in [6.45, 7) is 10.9. The highest BCUT2D eigenvalue weighted by Crippen LogP contribution is 2.25. The first-order valence-corrected chi connectivity index (χ1v) is 8.65. The Hall–Kier alpha value is -1.79. The Labute approximate surface area is 143 Å². The van der Waals surface area contributed by atoms with Crippen LogP contribution in [0.25, 0.3) is 0 Å². The van der Waals surface area contributed by atoms with Gasteiger partial charge >= 0.3 is 0 Å². The van der Waals surface area contributed by atoms with Gasteiger partial charge in [-0.1, -0.05) is 0 Å². The van der Waals surface area contributed by atoms with E-state index in [1.807, 2.05) is 0 Å². The second-order valence-corrected chi connectivity index (χ2v) is 7.11. The van der Waals surface area contributed by atoms with Crippen molar-refractivity contribution in [1.82, 2.24) is 24.6 Å². The number of nitrogens with zero attached hydrogens (tertiary/aromatic N) is 5. The zero-order valence-electron chi connectivity index (χ0n) is 15.0. The highest BCUT2D eigenvalue weighted by atomic mass is 16.3. The SMILES string of the molecule is Cc1nn(C(C)C)c(C)c1CN1C[C@@H](Cc2cnccn2)[C@H](O)C1.